The second kappa shape index (κ2) is 9.42. The Morgan fingerprint density at radius 2 is 1.69 bits per heavy atom. The number of nitriles is 1. The third-order valence-electron chi connectivity index (χ3n) is 5.08. The highest BCUT2D eigenvalue weighted by molar-refractivity contribution is 7.92. The summed E-state index contributed by atoms with van der Waals surface area (Å²) in [5.41, 5.74) is 8.17. The van der Waals surface area contributed by atoms with Crippen molar-refractivity contribution in [3.05, 3.63) is 99.6 Å². The van der Waals surface area contributed by atoms with Crippen molar-refractivity contribution in [3.63, 3.8) is 0 Å². The quantitative estimate of drug-likeness (QED) is 0.268. The van der Waals surface area contributed by atoms with Gasteiger partial charge in [0.25, 0.3) is 15.7 Å². The van der Waals surface area contributed by atoms with Crippen molar-refractivity contribution in [2.45, 2.75) is 4.90 Å². The first kappa shape index (κ1) is 23.7. The minimum absolute atomic E-state index is 0.0287. The minimum Gasteiger partial charge on any atom is -0.383 e. The molecule has 0 saturated heterocycles. The number of nitro groups is 1. The molecule has 0 spiro atoms. The van der Waals surface area contributed by atoms with Crippen LogP contribution in [0.1, 0.15) is 5.56 Å². The van der Waals surface area contributed by atoms with E-state index in [9.17, 15) is 23.8 Å². The van der Waals surface area contributed by atoms with Gasteiger partial charge in [-0.1, -0.05) is 35.9 Å². The number of rotatable bonds is 6. The molecule has 11 heteroatoms. The lowest BCUT2D eigenvalue weighted by Crippen LogP contribution is -2.12. The van der Waals surface area contributed by atoms with Crippen LogP contribution >= 0.6 is 11.6 Å². The minimum atomic E-state index is -3.81. The fourth-order valence-corrected chi connectivity index (χ4v) is 4.57. The number of nitrogens with two attached hydrogens (primary N) is 1. The molecule has 1 aromatic heterocycles. The average molecular weight is 506 g/mol. The smallest absolute Gasteiger partial charge is 0.270 e. The predicted molar refractivity (Wildman–Crippen MR) is 133 cm³/mol. The topological polar surface area (TPSA) is 152 Å². The monoisotopic (exact) mass is 505 g/mol. The van der Waals surface area contributed by atoms with Crippen LogP contribution in [0.25, 0.3) is 22.4 Å². The molecule has 0 fully saturated rings. The summed E-state index contributed by atoms with van der Waals surface area (Å²) in [5, 5.41) is 21.2. The highest BCUT2D eigenvalue weighted by Crippen LogP contribution is 2.33. The van der Waals surface area contributed by atoms with Crippen LogP contribution in [0, 0.1) is 21.4 Å². The number of nitrogens with one attached hydrogen (secondary N) is 1. The van der Waals surface area contributed by atoms with Gasteiger partial charge in [-0.05, 0) is 48.0 Å². The van der Waals surface area contributed by atoms with Crippen LogP contribution in [0.15, 0.2) is 83.8 Å². The number of aromatic nitrogens is 1. The van der Waals surface area contributed by atoms with Gasteiger partial charge in [0.15, 0.2) is 0 Å². The second-order valence-electron chi connectivity index (χ2n) is 7.37. The van der Waals surface area contributed by atoms with Gasteiger partial charge in [-0.3, -0.25) is 14.8 Å². The number of non-ortho nitro benzene ring substituents is 1. The Morgan fingerprint density at radius 1 is 1.00 bits per heavy atom. The van der Waals surface area contributed by atoms with Crippen molar-refractivity contribution in [1.29, 1.82) is 5.26 Å². The Bertz CT molecular complexity index is 1580. The second-order valence-corrected chi connectivity index (χ2v) is 9.49. The van der Waals surface area contributed by atoms with Gasteiger partial charge in [0.1, 0.15) is 17.5 Å². The number of hydrogen-bond acceptors (Lipinski definition) is 7. The number of nitrogens with zero attached hydrogens (tertiary/aromatic N) is 3. The third-order valence-corrected chi connectivity index (χ3v) is 6.73. The highest BCUT2D eigenvalue weighted by atomic mass is 35.5. The van der Waals surface area contributed by atoms with Gasteiger partial charge in [0, 0.05) is 34.0 Å². The maximum atomic E-state index is 12.6. The zero-order chi connectivity index (χ0) is 25.2. The summed E-state index contributed by atoms with van der Waals surface area (Å²) in [6.07, 6.45) is 0. The number of benzene rings is 3. The molecule has 0 aliphatic rings. The molecular formula is C24H16ClN5O4S. The van der Waals surface area contributed by atoms with Crippen molar-refractivity contribution in [2.75, 3.05) is 10.5 Å². The first-order chi connectivity index (χ1) is 16.7. The van der Waals surface area contributed by atoms with Gasteiger partial charge < -0.3 is 5.73 Å². The molecule has 0 saturated carbocycles. The fraction of sp³-hybridized carbons (Fsp3) is 0. The summed E-state index contributed by atoms with van der Waals surface area (Å²) in [4.78, 5) is 15.0. The van der Waals surface area contributed by atoms with E-state index in [2.05, 4.69) is 9.71 Å². The van der Waals surface area contributed by atoms with Gasteiger partial charge >= 0.3 is 0 Å². The van der Waals surface area contributed by atoms with Crippen LogP contribution in [-0.2, 0) is 10.0 Å². The molecule has 1 heterocycles. The van der Waals surface area contributed by atoms with Gasteiger partial charge in [-0.15, -0.1) is 0 Å². The SMILES string of the molecule is N#Cc1c(-c2cccc([N+](=O)[O-])c2)cc(-c2ccc(NS(=O)(=O)c3ccc(Cl)cc3)cc2)nc1N. The molecule has 0 aliphatic heterocycles. The number of halogens is 1. The maximum absolute atomic E-state index is 12.6. The van der Waals surface area contributed by atoms with Crippen LogP contribution in [0.4, 0.5) is 17.2 Å². The summed E-state index contributed by atoms with van der Waals surface area (Å²) in [6.45, 7) is 0. The van der Waals surface area contributed by atoms with Gasteiger partial charge in [0.2, 0.25) is 0 Å². The number of pyridine rings is 1. The van der Waals surface area contributed by atoms with Crippen molar-refractivity contribution in [3.8, 4) is 28.5 Å². The average Bonchev–Trinajstić information content (AvgIpc) is 2.84. The lowest BCUT2D eigenvalue weighted by molar-refractivity contribution is -0.384. The van der Waals surface area contributed by atoms with E-state index in [1.165, 1.54) is 42.5 Å². The van der Waals surface area contributed by atoms with Crippen molar-refractivity contribution >= 4 is 38.8 Å². The number of hydrogen-bond donors (Lipinski definition) is 2. The summed E-state index contributed by atoms with van der Waals surface area (Å²) >= 11 is 5.82. The Balaban J connectivity index is 1.68. The van der Waals surface area contributed by atoms with Gasteiger partial charge in [-0.2, -0.15) is 5.26 Å². The summed E-state index contributed by atoms with van der Waals surface area (Å²) in [7, 11) is -3.81. The molecule has 4 aromatic rings. The van der Waals surface area contributed by atoms with Crippen molar-refractivity contribution in [1.82, 2.24) is 4.98 Å². The molecule has 0 bridgehead atoms. The molecule has 3 N–H and O–H groups in total. The zero-order valence-corrected chi connectivity index (χ0v) is 19.4. The molecule has 4 rings (SSSR count). The van der Waals surface area contributed by atoms with E-state index in [0.717, 1.165) is 0 Å². The van der Waals surface area contributed by atoms with Crippen LogP contribution in [0.3, 0.4) is 0 Å². The number of sulfonamides is 1. The Kier molecular flexibility index (Phi) is 6.38. The van der Waals surface area contributed by atoms with Crippen LogP contribution in [-0.4, -0.2) is 18.3 Å². The van der Waals surface area contributed by atoms with E-state index in [-0.39, 0.29) is 22.0 Å². The molecule has 0 amide bonds. The molecule has 0 aliphatic carbocycles. The molecule has 3 aromatic carbocycles. The maximum Gasteiger partial charge on any atom is 0.270 e. The van der Waals surface area contributed by atoms with Gasteiger partial charge in [-0.25, -0.2) is 13.4 Å². The molecule has 0 unspecified atom stereocenters. The lowest BCUT2D eigenvalue weighted by Gasteiger charge is -2.12. The Morgan fingerprint density at radius 3 is 2.31 bits per heavy atom. The summed E-state index contributed by atoms with van der Waals surface area (Å²) < 4.78 is 27.7. The zero-order valence-electron chi connectivity index (χ0n) is 17.8. The van der Waals surface area contributed by atoms with Crippen LogP contribution in [0.2, 0.25) is 5.02 Å². The molecule has 174 valence electrons. The molecule has 0 radical (unpaired) electrons. The van der Waals surface area contributed by atoms with Crippen molar-refractivity contribution in [2.24, 2.45) is 0 Å². The number of anilines is 2. The number of nitrogen functional groups attached to an aromatic ring is 1. The van der Waals surface area contributed by atoms with Gasteiger partial charge in [0.05, 0.1) is 15.5 Å². The van der Waals surface area contributed by atoms with E-state index in [1.54, 1.807) is 36.4 Å². The Labute approximate surface area is 205 Å². The van der Waals surface area contributed by atoms with E-state index < -0.39 is 14.9 Å². The normalized spacial score (nSPS) is 11.0. The molecule has 35 heavy (non-hydrogen) atoms. The van der Waals surface area contributed by atoms with E-state index >= 15 is 0 Å². The Hall–Kier alpha value is -4.46. The highest BCUT2D eigenvalue weighted by Gasteiger charge is 2.17. The third kappa shape index (κ3) is 5.06. The van der Waals surface area contributed by atoms with E-state index in [1.807, 2.05) is 6.07 Å². The standard InChI is InChI=1S/C24H16ClN5O4S/c25-17-6-10-20(11-7-17)35(33,34)29-18-8-4-15(5-9-18)23-13-21(22(14-26)24(27)28-23)16-2-1-3-19(12-16)30(31)32/h1-13,29H,(H2,27,28). The van der Waals surface area contributed by atoms with Crippen LogP contribution < -0.4 is 10.5 Å². The predicted octanol–water partition coefficient (Wildman–Crippen LogP) is 5.23. The lowest BCUT2D eigenvalue weighted by atomic mass is 9.98. The molecule has 0 atom stereocenters. The van der Waals surface area contributed by atoms with E-state index in [0.29, 0.717) is 33.1 Å². The number of nitro benzene ring substituents is 1. The summed E-state index contributed by atoms with van der Waals surface area (Å²) in [6, 6.07) is 21.7. The van der Waals surface area contributed by atoms with Crippen LogP contribution in [0.5, 0.6) is 0 Å². The first-order valence-electron chi connectivity index (χ1n) is 10.0. The fourth-order valence-electron chi connectivity index (χ4n) is 3.38. The molecular weight excluding hydrogens is 490 g/mol. The largest absolute Gasteiger partial charge is 0.383 e. The summed E-state index contributed by atoms with van der Waals surface area (Å²) in [5.74, 6) is -0.0287. The first-order valence-corrected chi connectivity index (χ1v) is 11.9. The van der Waals surface area contributed by atoms with E-state index in [4.69, 9.17) is 17.3 Å². The molecule has 9 nitrogen and oxygen atoms in total. The van der Waals surface area contributed by atoms with Crippen molar-refractivity contribution < 1.29 is 13.3 Å².